The quantitative estimate of drug-likeness (QED) is 0.736. The number of carbonyl (C=O) groups is 1. The van der Waals surface area contributed by atoms with Crippen molar-refractivity contribution >= 4 is 6.09 Å². The minimum Gasteiger partial charge on any atom is -0.444 e. The van der Waals surface area contributed by atoms with E-state index in [1.54, 1.807) is 0 Å². The van der Waals surface area contributed by atoms with Gasteiger partial charge in [0.2, 0.25) is 0 Å². The van der Waals surface area contributed by atoms with Gasteiger partial charge in [-0.05, 0) is 39.8 Å². The van der Waals surface area contributed by atoms with Gasteiger partial charge >= 0.3 is 6.09 Å². The molecule has 15 heavy (non-hydrogen) atoms. The Balaban J connectivity index is 3.62. The van der Waals surface area contributed by atoms with Gasteiger partial charge < -0.3 is 15.4 Å². The van der Waals surface area contributed by atoms with Crippen molar-refractivity contribution in [1.82, 2.24) is 10.6 Å². The van der Waals surface area contributed by atoms with E-state index in [2.05, 4.69) is 24.5 Å². The molecule has 0 aromatic rings. The molecule has 0 spiro atoms. The molecule has 0 aliphatic rings. The summed E-state index contributed by atoms with van der Waals surface area (Å²) < 4.78 is 5.12. The lowest BCUT2D eigenvalue weighted by Gasteiger charge is -2.20. The lowest BCUT2D eigenvalue weighted by atomic mass is 10.2. The maximum Gasteiger partial charge on any atom is 0.407 e. The van der Waals surface area contributed by atoms with Crippen molar-refractivity contribution in [3.05, 3.63) is 0 Å². The van der Waals surface area contributed by atoms with E-state index in [9.17, 15) is 4.79 Å². The number of rotatable bonds is 5. The van der Waals surface area contributed by atoms with Gasteiger partial charge in [0.05, 0.1) is 0 Å². The molecule has 0 aromatic heterocycles. The third-order valence-electron chi connectivity index (χ3n) is 1.74. The Morgan fingerprint density at radius 2 is 1.93 bits per heavy atom. The van der Waals surface area contributed by atoms with Crippen LogP contribution in [-0.4, -0.2) is 31.3 Å². The zero-order valence-corrected chi connectivity index (χ0v) is 10.5. The second kappa shape index (κ2) is 6.67. The molecule has 2 N–H and O–H groups in total. The van der Waals surface area contributed by atoms with E-state index < -0.39 is 5.60 Å². The molecular formula is C11H24N2O2. The molecule has 0 heterocycles. The first-order valence-electron chi connectivity index (χ1n) is 5.52. The summed E-state index contributed by atoms with van der Waals surface area (Å²) in [4.78, 5) is 11.3. The van der Waals surface area contributed by atoms with E-state index in [0.717, 1.165) is 13.1 Å². The molecule has 0 saturated heterocycles. The zero-order valence-electron chi connectivity index (χ0n) is 10.5. The highest BCUT2D eigenvalue weighted by molar-refractivity contribution is 5.67. The lowest BCUT2D eigenvalue weighted by Crippen LogP contribution is -2.37. The van der Waals surface area contributed by atoms with Crippen molar-refractivity contribution in [3.63, 3.8) is 0 Å². The Morgan fingerprint density at radius 3 is 2.40 bits per heavy atom. The van der Waals surface area contributed by atoms with E-state index in [1.165, 1.54) is 0 Å². The van der Waals surface area contributed by atoms with Crippen LogP contribution in [0.5, 0.6) is 0 Å². The van der Waals surface area contributed by atoms with Gasteiger partial charge in [-0.2, -0.15) is 0 Å². The largest absolute Gasteiger partial charge is 0.444 e. The molecule has 1 atom stereocenters. The summed E-state index contributed by atoms with van der Waals surface area (Å²) in [7, 11) is 0. The minimum atomic E-state index is -0.422. The molecule has 4 nitrogen and oxygen atoms in total. The fourth-order valence-electron chi connectivity index (χ4n) is 1.03. The summed E-state index contributed by atoms with van der Waals surface area (Å²) in [5.41, 5.74) is -0.422. The summed E-state index contributed by atoms with van der Waals surface area (Å²) in [5.74, 6) is 0.414. The second-order valence-electron chi connectivity index (χ2n) is 4.80. The minimum absolute atomic E-state index is 0.342. The van der Waals surface area contributed by atoms with Crippen LogP contribution in [0, 0.1) is 5.92 Å². The van der Waals surface area contributed by atoms with Crippen molar-refractivity contribution in [2.75, 3.05) is 19.6 Å². The Bertz CT molecular complexity index is 188. The molecule has 0 fully saturated rings. The summed E-state index contributed by atoms with van der Waals surface area (Å²) in [6.07, 6.45) is -0.342. The molecule has 90 valence electrons. The Labute approximate surface area is 92.8 Å². The van der Waals surface area contributed by atoms with E-state index in [0.29, 0.717) is 12.5 Å². The van der Waals surface area contributed by atoms with E-state index in [-0.39, 0.29) is 6.09 Å². The Hall–Kier alpha value is -0.770. The smallest absolute Gasteiger partial charge is 0.407 e. The number of nitrogens with one attached hydrogen (secondary N) is 2. The first-order valence-corrected chi connectivity index (χ1v) is 5.52. The van der Waals surface area contributed by atoms with Crippen LogP contribution in [0.1, 0.15) is 34.6 Å². The van der Waals surface area contributed by atoms with Crippen LogP contribution in [0.25, 0.3) is 0 Å². The van der Waals surface area contributed by atoms with Gasteiger partial charge in [-0.15, -0.1) is 0 Å². The monoisotopic (exact) mass is 216 g/mol. The highest BCUT2D eigenvalue weighted by atomic mass is 16.6. The normalized spacial score (nSPS) is 13.4. The standard InChI is InChI=1S/C11H24N2O2/c1-6-12-7-9(2)8-13-10(14)15-11(3,4)5/h9,12H,6-8H2,1-5H3,(H,13,14). The van der Waals surface area contributed by atoms with Gasteiger partial charge in [-0.1, -0.05) is 13.8 Å². The van der Waals surface area contributed by atoms with Gasteiger partial charge in [0.1, 0.15) is 5.60 Å². The predicted molar refractivity (Wildman–Crippen MR) is 61.9 cm³/mol. The molecule has 0 aromatic carbocycles. The maximum atomic E-state index is 11.3. The van der Waals surface area contributed by atoms with Crippen LogP contribution in [0.4, 0.5) is 4.79 Å². The summed E-state index contributed by atoms with van der Waals surface area (Å²) >= 11 is 0. The Morgan fingerprint density at radius 1 is 1.33 bits per heavy atom. The number of carbonyl (C=O) groups excluding carboxylic acids is 1. The van der Waals surface area contributed by atoms with Gasteiger partial charge in [0.15, 0.2) is 0 Å². The first kappa shape index (κ1) is 14.2. The van der Waals surface area contributed by atoms with E-state index >= 15 is 0 Å². The van der Waals surface area contributed by atoms with Crippen LogP contribution in [0.2, 0.25) is 0 Å². The molecule has 0 aliphatic heterocycles. The highest BCUT2D eigenvalue weighted by Crippen LogP contribution is 2.06. The van der Waals surface area contributed by atoms with Gasteiger partial charge in [-0.3, -0.25) is 0 Å². The van der Waals surface area contributed by atoms with Crippen LogP contribution in [0.15, 0.2) is 0 Å². The average Bonchev–Trinajstić information content (AvgIpc) is 2.08. The Kier molecular flexibility index (Phi) is 6.32. The SMILES string of the molecule is CCNCC(C)CNC(=O)OC(C)(C)C. The average molecular weight is 216 g/mol. The molecule has 0 rings (SSSR count). The molecular weight excluding hydrogens is 192 g/mol. The number of hydrogen-bond donors (Lipinski definition) is 2. The summed E-state index contributed by atoms with van der Waals surface area (Å²) in [6.45, 7) is 12.2. The molecule has 0 saturated carbocycles. The van der Waals surface area contributed by atoms with Crippen LogP contribution >= 0.6 is 0 Å². The van der Waals surface area contributed by atoms with Crippen molar-refractivity contribution in [1.29, 1.82) is 0 Å². The molecule has 0 radical (unpaired) electrons. The van der Waals surface area contributed by atoms with E-state index in [4.69, 9.17) is 4.74 Å². The number of ether oxygens (including phenoxy) is 1. The maximum absolute atomic E-state index is 11.3. The topological polar surface area (TPSA) is 50.4 Å². The molecule has 1 unspecified atom stereocenters. The van der Waals surface area contributed by atoms with Crippen molar-refractivity contribution in [2.45, 2.75) is 40.2 Å². The number of hydrogen-bond acceptors (Lipinski definition) is 3. The van der Waals surface area contributed by atoms with Gasteiger partial charge in [-0.25, -0.2) is 4.79 Å². The van der Waals surface area contributed by atoms with Crippen LogP contribution in [-0.2, 0) is 4.74 Å². The van der Waals surface area contributed by atoms with Gasteiger partial charge in [0.25, 0.3) is 0 Å². The summed E-state index contributed by atoms with van der Waals surface area (Å²) in [6, 6.07) is 0. The third kappa shape index (κ3) is 9.53. The first-order chi connectivity index (χ1) is 6.85. The lowest BCUT2D eigenvalue weighted by molar-refractivity contribution is 0.0520. The van der Waals surface area contributed by atoms with Crippen LogP contribution in [0.3, 0.4) is 0 Å². The second-order valence-corrected chi connectivity index (χ2v) is 4.80. The predicted octanol–water partition coefficient (Wildman–Crippen LogP) is 1.76. The molecule has 4 heteroatoms. The third-order valence-corrected chi connectivity index (χ3v) is 1.74. The van der Waals surface area contributed by atoms with Crippen molar-refractivity contribution < 1.29 is 9.53 Å². The fraction of sp³-hybridized carbons (Fsp3) is 0.909. The van der Waals surface area contributed by atoms with Gasteiger partial charge in [0, 0.05) is 6.54 Å². The zero-order chi connectivity index (χ0) is 11.9. The van der Waals surface area contributed by atoms with Crippen LogP contribution < -0.4 is 10.6 Å². The summed E-state index contributed by atoms with van der Waals surface area (Å²) in [5, 5.41) is 5.97. The number of alkyl carbamates (subject to hydrolysis) is 1. The number of amides is 1. The van der Waals surface area contributed by atoms with E-state index in [1.807, 2.05) is 20.8 Å². The van der Waals surface area contributed by atoms with Crippen molar-refractivity contribution in [2.24, 2.45) is 5.92 Å². The molecule has 0 bridgehead atoms. The fourth-order valence-corrected chi connectivity index (χ4v) is 1.03. The van der Waals surface area contributed by atoms with Crippen molar-refractivity contribution in [3.8, 4) is 0 Å². The highest BCUT2D eigenvalue weighted by Gasteiger charge is 2.16. The molecule has 0 aliphatic carbocycles. The molecule has 1 amide bonds.